The van der Waals surface area contributed by atoms with Gasteiger partial charge in [-0.25, -0.2) is 0 Å². The van der Waals surface area contributed by atoms with Gasteiger partial charge in [-0.05, 0) is 117 Å². The normalized spacial score (nSPS) is 37.8. The molecule has 3 saturated carbocycles. The molecular weight excluding hydrogens is 512 g/mol. The van der Waals surface area contributed by atoms with Gasteiger partial charge in [-0.2, -0.15) is 0 Å². The Kier molecular flexibility index (Phi) is 10.1. The molecule has 4 aliphatic carbocycles. The Labute approximate surface area is 250 Å². The number of esters is 2. The van der Waals surface area contributed by atoms with Crippen molar-refractivity contribution >= 4 is 11.9 Å². The molecule has 0 saturated heterocycles. The number of nitrogens with two attached hydrogens (primary N) is 2. The second kappa shape index (κ2) is 12.7. The number of carbonyl (C=O) groups excluding carboxylic acids is 2. The molecule has 11 atom stereocenters. The summed E-state index contributed by atoms with van der Waals surface area (Å²) in [6, 6.07) is -1.11. The predicted octanol–water partition coefficient (Wildman–Crippen LogP) is 6.79. The van der Waals surface area contributed by atoms with Gasteiger partial charge in [0, 0.05) is 6.42 Å². The number of hydrogen-bond acceptors (Lipinski definition) is 6. The van der Waals surface area contributed by atoms with E-state index in [9.17, 15) is 9.59 Å². The molecule has 6 heteroatoms. The monoisotopic (exact) mass is 572 g/mol. The molecule has 0 amide bonds. The second-order valence-electron chi connectivity index (χ2n) is 15.6. The summed E-state index contributed by atoms with van der Waals surface area (Å²) in [5.74, 6) is 3.44. The van der Waals surface area contributed by atoms with Crippen LogP contribution in [0, 0.1) is 52.3 Å². The fourth-order valence-corrected chi connectivity index (χ4v) is 9.63. The van der Waals surface area contributed by atoms with E-state index in [1.165, 1.54) is 37.7 Å². The second-order valence-corrected chi connectivity index (χ2v) is 15.6. The average Bonchev–Trinajstić information content (AvgIpc) is 3.27. The van der Waals surface area contributed by atoms with E-state index < -0.39 is 12.1 Å². The molecule has 0 heterocycles. The number of allylic oxidation sites excluding steroid dienone is 1. The summed E-state index contributed by atoms with van der Waals surface area (Å²) in [6.45, 7) is 17.5. The number of fused-ring (bicyclic) bond motifs is 5. The van der Waals surface area contributed by atoms with Crippen LogP contribution < -0.4 is 11.5 Å². The first kappa shape index (κ1) is 32.5. The Morgan fingerprint density at radius 1 is 0.902 bits per heavy atom. The fourth-order valence-electron chi connectivity index (χ4n) is 9.63. The topological polar surface area (TPSA) is 105 Å². The van der Waals surface area contributed by atoms with Crippen molar-refractivity contribution in [2.75, 3.05) is 0 Å². The van der Waals surface area contributed by atoms with Crippen molar-refractivity contribution in [1.82, 2.24) is 0 Å². The van der Waals surface area contributed by atoms with Crippen LogP contribution >= 0.6 is 0 Å². The third kappa shape index (κ3) is 6.44. The van der Waals surface area contributed by atoms with Crippen molar-refractivity contribution in [1.29, 1.82) is 0 Å². The molecule has 4 rings (SSSR count). The van der Waals surface area contributed by atoms with Crippen LogP contribution in [0.5, 0.6) is 0 Å². The summed E-state index contributed by atoms with van der Waals surface area (Å²) in [7, 11) is 0. The van der Waals surface area contributed by atoms with Gasteiger partial charge in [0.05, 0.1) is 0 Å². The first-order valence-electron chi connectivity index (χ1n) is 16.8. The van der Waals surface area contributed by atoms with Gasteiger partial charge in [0.2, 0.25) is 0 Å². The molecule has 3 fully saturated rings. The quantitative estimate of drug-likeness (QED) is 0.221. The van der Waals surface area contributed by atoms with Crippen LogP contribution in [0.25, 0.3) is 0 Å². The summed E-state index contributed by atoms with van der Waals surface area (Å²) in [6.07, 6.45) is 13.8. The minimum Gasteiger partial charge on any atom is -0.461 e. The van der Waals surface area contributed by atoms with Crippen molar-refractivity contribution in [3.8, 4) is 0 Å². The molecule has 6 nitrogen and oxygen atoms in total. The summed E-state index contributed by atoms with van der Waals surface area (Å²) in [5.41, 5.74) is 14.0. The van der Waals surface area contributed by atoms with E-state index in [0.29, 0.717) is 11.3 Å². The van der Waals surface area contributed by atoms with Gasteiger partial charge < -0.3 is 20.9 Å². The highest BCUT2D eigenvalue weighted by atomic mass is 16.5. The molecule has 0 unspecified atom stereocenters. The summed E-state index contributed by atoms with van der Waals surface area (Å²) in [4.78, 5) is 24.8. The largest absolute Gasteiger partial charge is 0.461 e. The predicted molar refractivity (Wildman–Crippen MR) is 165 cm³/mol. The van der Waals surface area contributed by atoms with E-state index in [1.54, 1.807) is 6.92 Å². The summed E-state index contributed by atoms with van der Waals surface area (Å²) in [5, 5.41) is 0. The van der Waals surface area contributed by atoms with Gasteiger partial charge in [0.1, 0.15) is 24.3 Å². The van der Waals surface area contributed by atoms with Crippen molar-refractivity contribution in [3.05, 3.63) is 11.6 Å². The van der Waals surface area contributed by atoms with Crippen LogP contribution in [0.4, 0.5) is 0 Å². The number of hydrogen-bond donors (Lipinski definition) is 2. The standard InChI is InChI=1S/C35H60N2O4/c1-20(2)30(41-33(39)31(37)21(3)4)14-9-22(5)27-12-13-28-26-11-10-24-19-25(40-32(38)23(6)36)15-17-34(24,7)29(26)16-18-35(27,28)8/h10,20-23,25-31H,9,11-19,36-37H2,1-8H3/t22-,23+,25+,26+,27-,28+,29+,30+,31+,34+,35-/m1/s1. The van der Waals surface area contributed by atoms with Gasteiger partial charge >= 0.3 is 11.9 Å². The highest BCUT2D eigenvalue weighted by Crippen LogP contribution is 2.67. The average molecular weight is 573 g/mol. The summed E-state index contributed by atoms with van der Waals surface area (Å²) >= 11 is 0. The van der Waals surface area contributed by atoms with Gasteiger partial charge in [-0.1, -0.05) is 60.1 Å². The van der Waals surface area contributed by atoms with E-state index in [1.807, 2.05) is 13.8 Å². The van der Waals surface area contributed by atoms with Crippen LogP contribution in [-0.4, -0.2) is 36.2 Å². The van der Waals surface area contributed by atoms with Gasteiger partial charge in [0.15, 0.2) is 0 Å². The van der Waals surface area contributed by atoms with Crippen LogP contribution in [0.1, 0.15) is 120 Å². The number of ether oxygens (including phenoxy) is 2. The van der Waals surface area contributed by atoms with E-state index in [0.717, 1.165) is 55.8 Å². The molecule has 234 valence electrons. The Morgan fingerprint density at radius 3 is 2.24 bits per heavy atom. The maximum atomic E-state index is 12.6. The molecule has 0 aliphatic heterocycles. The molecule has 4 aliphatic rings. The molecule has 0 aromatic rings. The SMILES string of the molecule is CC(C)[C@H](CC[C@@H](C)[C@H]1CC[C@H]2[C@@H]3CC=C4C[C@@H](OC(=O)[C@H](C)N)CC[C@]4(C)[C@H]3CC[C@]12C)OC(=O)[C@@H](N)C(C)C. The maximum absolute atomic E-state index is 12.6. The fraction of sp³-hybridized carbons (Fsp3) is 0.886. The molecule has 0 bridgehead atoms. The molecule has 41 heavy (non-hydrogen) atoms. The van der Waals surface area contributed by atoms with Crippen LogP contribution in [0.15, 0.2) is 11.6 Å². The third-order valence-corrected chi connectivity index (χ3v) is 12.4. The molecule has 0 aromatic heterocycles. The summed E-state index contributed by atoms with van der Waals surface area (Å²) < 4.78 is 11.7. The molecule has 0 aromatic carbocycles. The first-order chi connectivity index (χ1) is 19.2. The lowest BCUT2D eigenvalue weighted by molar-refractivity contribution is -0.154. The van der Waals surface area contributed by atoms with Crippen LogP contribution in [0.3, 0.4) is 0 Å². The molecule has 0 spiro atoms. The van der Waals surface area contributed by atoms with E-state index in [-0.39, 0.29) is 41.4 Å². The van der Waals surface area contributed by atoms with Crippen LogP contribution in [0.2, 0.25) is 0 Å². The Bertz CT molecular complexity index is 975. The Morgan fingerprint density at radius 2 is 1.61 bits per heavy atom. The molecular formula is C35H60N2O4. The lowest BCUT2D eigenvalue weighted by Gasteiger charge is -2.58. The van der Waals surface area contributed by atoms with Crippen molar-refractivity contribution in [2.24, 2.45) is 63.7 Å². The third-order valence-electron chi connectivity index (χ3n) is 12.4. The maximum Gasteiger partial charge on any atom is 0.323 e. The van der Waals surface area contributed by atoms with Crippen molar-refractivity contribution in [2.45, 2.75) is 144 Å². The number of rotatable bonds is 10. The van der Waals surface area contributed by atoms with E-state index in [2.05, 4.69) is 40.7 Å². The lowest BCUT2D eigenvalue weighted by atomic mass is 9.47. The molecule has 4 N–H and O–H groups in total. The number of carbonyl (C=O) groups is 2. The zero-order valence-corrected chi connectivity index (χ0v) is 27.3. The smallest absolute Gasteiger partial charge is 0.323 e. The zero-order valence-electron chi connectivity index (χ0n) is 27.3. The van der Waals surface area contributed by atoms with Crippen molar-refractivity contribution in [3.63, 3.8) is 0 Å². The van der Waals surface area contributed by atoms with E-state index >= 15 is 0 Å². The van der Waals surface area contributed by atoms with E-state index in [4.69, 9.17) is 20.9 Å². The van der Waals surface area contributed by atoms with Gasteiger partial charge in [-0.3, -0.25) is 9.59 Å². The zero-order chi connectivity index (χ0) is 30.3. The minimum absolute atomic E-state index is 0.0232. The minimum atomic E-state index is -0.559. The van der Waals surface area contributed by atoms with Crippen LogP contribution in [-0.2, 0) is 19.1 Å². The highest BCUT2D eigenvalue weighted by molar-refractivity contribution is 5.76. The first-order valence-corrected chi connectivity index (χ1v) is 16.8. The highest BCUT2D eigenvalue weighted by Gasteiger charge is 2.59. The van der Waals surface area contributed by atoms with Gasteiger partial charge in [-0.15, -0.1) is 0 Å². The van der Waals surface area contributed by atoms with Crippen molar-refractivity contribution < 1.29 is 19.1 Å². The Hall–Kier alpha value is -1.40. The lowest BCUT2D eigenvalue weighted by Crippen LogP contribution is -2.51. The Balaban J connectivity index is 1.40. The molecule has 0 radical (unpaired) electrons. The van der Waals surface area contributed by atoms with Gasteiger partial charge in [0.25, 0.3) is 0 Å².